The highest BCUT2D eigenvalue weighted by Gasteiger charge is 2.16. The summed E-state index contributed by atoms with van der Waals surface area (Å²) in [6.45, 7) is 33.4. The Morgan fingerprint density at radius 3 is 0.788 bits per heavy atom. The van der Waals surface area contributed by atoms with E-state index in [2.05, 4.69) is 92.7 Å². The van der Waals surface area contributed by atoms with Crippen LogP contribution in [0.1, 0.15) is 77.9 Å². The second-order valence-corrected chi connectivity index (χ2v) is 19.3. The van der Waals surface area contributed by atoms with Crippen molar-refractivity contribution in [1.82, 2.24) is 0 Å². The second kappa shape index (κ2) is 27.2. The maximum absolute atomic E-state index is 11.6. The molecule has 0 aromatic heterocycles. The van der Waals surface area contributed by atoms with E-state index in [4.69, 9.17) is 26.3 Å². The van der Waals surface area contributed by atoms with Crippen molar-refractivity contribution in [3.05, 3.63) is 334 Å². The number of aliphatic carboxylic acids is 4. The zero-order chi connectivity index (χ0) is 60.6. The van der Waals surface area contributed by atoms with Crippen LogP contribution in [0, 0.1) is 40.1 Å². The molecule has 0 amide bonds. The number of hydrogen-bond donors (Lipinski definition) is 4. The summed E-state index contributed by atoms with van der Waals surface area (Å²) in [5, 5.41) is 37.9. The quantitative estimate of drug-likeness (QED) is 0.0350. The standard InChI is InChI=1S/C72H49N5O8/c1-46-37-47(2)39-55(38-46)8-7-48-17-31-60(32-18-48)77(61-33-19-49(20-34-61)40-63(56-23-9-51(10-24-56)42-65(73-3)69(78)79)57-25-11-52(12-26-57)43-66(74-4)70(80)81)62-35-21-50(22-36-62)41-64(58-27-13-53(14-28-58)44-67(75-5)71(82)83)59-29-15-54(16-30-59)45-68(76-6)72(84)85/h7-45H,1-2H3,(H,78,79)(H,80,81)(H,82,83)(H,84,85)/b8-7+,65-42-,66-43-,67-44-,68-45-. The van der Waals surface area contributed by atoms with Crippen LogP contribution in [0.3, 0.4) is 0 Å². The third kappa shape index (κ3) is 15.3. The number of nitrogens with zero attached hydrogens (tertiary/aromatic N) is 5. The lowest BCUT2D eigenvalue weighted by molar-refractivity contribution is -0.133. The van der Waals surface area contributed by atoms with Crippen molar-refractivity contribution in [1.29, 1.82) is 0 Å². The summed E-state index contributed by atoms with van der Waals surface area (Å²) in [5.74, 6) is -5.34. The predicted octanol–water partition coefficient (Wildman–Crippen LogP) is 16.5. The zero-order valence-corrected chi connectivity index (χ0v) is 45.7. The Kier molecular flexibility index (Phi) is 18.8. The molecule has 8 aromatic rings. The lowest BCUT2D eigenvalue weighted by Crippen LogP contribution is -2.09. The van der Waals surface area contributed by atoms with E-state index >= 15 is 0 Å². The highest BCUT2D eigenvalue weighted by molar-refractivity contribution is 5.98. The number of anilines is 3. The molecule has 0 saturated carbocycles. The van der Waals surface area contributed by atoms with E-state index in [-0.39, 0.29) is 0 Å². The monoisotopic (exact) mass is 1110 g/mol. The molecule has 13 nitrogen and oxygen atoms in total. The van der Waals surface area contributed by atoms with Crippen LogP contribution >= 0.6 is 0 Å². The molecule has 410 valence electrons. The Morgan fingerprint density at radius 2 is 0.541 bits per heavy atom. The first kappa shape index (κ1) is 58.7. The van der Waals surface area contributed by atoms with Gasteiger partial charge in [-0.2, -0.15) is 0 Å². The number of benzene rings is 8. The van der Waals surface area contributed by atoms with Gasteiger partial charge in [-0.25, -0.2) is 19.4 Å². The van der Waals surface area contributed by atoms with Crippen LogP contribution in [-0.4, -0.2) is 44.3 Å². The molecule has 0 aliphatic heterocycles. The molecule has 0 heterocycles. The molecular formula is C72H49N5O8. The molecule has 4 N–H and O–H groups in total. The number of aryl methyl sites for hydroxylation is 2. The highest BCUT2D eigenvalue weighted by atomic mass is 16.4. The molecule has 0 unspecified atom stereocenters. The molecule has 85 heavy (non-hydrogen) atoms. The van der Waals surface area contributed by atoms with Gasteiger partial charge in [-0.1, -0.05) is 175 Å². The molecule has 0 aliphatic rings. The van der Waals surface area contributed by atoms with Crippen molar-refractivity contribution in [2.75, 3.05) is 4.90 Å². The van der Waals surface area contributed by atoms with Crippen LogP contribution in [0.4, 0.5) is 17.1 Å². The fraction of sp³-hybridized carbons (Fsp3) is 0.0278. The van der Waals surface area contributed by atoms with E-state index in [1.807, 2.05) is 109 Å². The fourth-order valence-corrected chi connectivity index (χ4v) is 9.15. The Balaban J connectivity index is 1.20. The minimum Gasteiger partial charge on any atom is -0.486 e. The summed E-state index contributed by atoms with van der Waals surface area (Å²) in [6, 6.07) is 59.0. The lowest BCUT2D eigenvalue weighted by Gasteiger charge is -2.26. The topological polar surface area (TPSA) is 170 Å². The molecular weight excluding hydrogens is 1060 g/mol. The maximum atomic E-state index is 11.6. The summed E-state index contributed by atoms with van der Waals surface area (Å²) < 4.78 is 0. The van der Waals surface area contributed by atoms with E-state index in [0.717, 1.165) is 72.7 Å². The summed E-state index contributed by atoms with van der Waals surface area (Å²) in [7, 11) is 0. The largest absolute Gasteiger partial charge is 0.486 e. The average Bonchev–Trinajstić information content (AvgIpc) is 3.34. The highest BCUT2D eigenvalue weighted by Crippen LogP contribution is 2.37. The molecule has 8 rings (SSSR count). The third-order valence-corrected chi connectivity index (χ3v) is 13.2. The second-order valence-electron chi connectivity index (χ2n) is 19.3. The van der Waals surface area contributed by atoms with Gasteiger partial charge in [0, 0.05) is 17.1 Å². The van der Waals surface area contributed by atoms with E-state index in [0.29, 0.717) is 22.3 Å². The number of rotatable bonds is 19. The molecule has 0 aliphatic carbocycles. The molecule has 0 bridgehead atoms. The summed E-state index contributed by atoms with van der Waals surface area (Å²) in [4.78, 5) is 61.1. The van der Waals surface area contributed by atoms with Gasteiger partial charge in [0.25, 0.3) is 22.8 Å². The van der Waals surface area contributed by atoms with E-state index in [9.17, 15) is 39.6 Å². The van der Waals surface area contributed by atoms with Crippen LogP contribution in [0.25, 0.3) is 79.1 Å². The summed E-state index contributed by atoms with van der Waals surface area (Å²) in [5.41, 5.74) is 13.6. The molecule has 0 fully saturated rings. The molecule has 0 saturated heterocycles. The Bertz CT molecular complexity index is 3870. The van der Waals surface area contributed by atoms with Crippen molar-refractivity contribution < 1.29 is 39.6 Å². The van der Waals surface area contributed by atoms with Crippen LogP contribution < -0.4 is 4.90 Å². The average molecular weight is 1110 g/mol. The summed E-state index contributed by atoms with van der Waals surface area (Å²) >= 11 is 0. The molecule has 0 atom stereocenters. The predicted molar refractivity (Wildman–Crippen MR) is 335 cm³/mol. The molecule has 13 heteroatoms. The Hall–Kier alpha value is -12.4. The number of carbonyl (C=O) groups is 4. The van der Waals surface area contributed by atoms with E-state index in [1.165, 1.54) is 35.4 Å². The zero-order valence-electron chi connectivity index (χ0n) is 45.7. The van der Waals surface area contributed by atoms with E-state index < -0.39 is 46.7 Å². The van der Waals surface area contributed by atoms with Crippen molar-refractivity contribution in [2.24, 2.45) is 0 Å². The van der Waals surface area contributed by atoms with E-state index in [1.54, 1.807) is 48.5 Å². The van der Waals surface area contributed by atoms with Gasteiger partial charge >= 0.3 is 23.9 Å². The van der Waals surface area contributed by atoms with Gasteiger partial charge in [0.15, 0.2) is 0 Å². The maximum Gasteiger partial charge on any atom is 0.333 e. The van der Waals surface area contributed by atoms with Gasteiger partial charge < -0.3 is 25.3 Å². The van der Waals surface area contributed by atoms with Crippen LogP contribution in [0.2, 0.25) is 0 Å². The Morgan fingerprint density at radius 1 is 0.318 bits per heavy atom. The van der Waals surface area contributed by atoms with Gasteiger partial charge in [0.1, 0.15) is 0 Å². The number of carboxylic acid groups (broad SMARTS) is 4. The van der Waals surface area contributed by atoms with Gasteiger partial charge in [0.2, 0.25) is 0 Å². The van der Waals surface area contributed by atoms with Crippen molar-refractivity contribution in [2.45, 2.75) is 13.8 Å². The SMILES string of the molecule is [C-]#[N+]/C(=C\c1ccc(C(=Cc2ccc(N(c3ccc(C=C(c4ccc(/C=C(\[N+]#[C-])C(=O)O)cc4)c4ccc(/C=C(\[N+]#[C-])C(=O)O)cc4)cc3)c3ccc(/C=C/c4cc(C)cc(C)c4)cc3)cc2)c2ccc(/C=C(\[N+]#[C-])C(=O)O)cc2)cc1)C(=O)O. The van der Waals surface area contributed by atoms with Crippen molar-refractivity contribution in [3.8, 4) is 0 Å². The van der Waals surface area contributed by atoms with Gasteiger partial charge in [0.05, 0.1) is 26.3 Å². The molecule has 0 radical (unpaired) electrons. The van der Waals surface area contributed by atoms with Gasteiger partial charge in [-0.3, -0.25) is 19.2 Å². The van der Waals surface area contributed by atoms with Crippen LogP contribution in [0.5, 0.6) is 0 Å². The van der Waals surface area contributed by atoms with Crippen LogP contribution in [-0.2, 0) is 19.2 Å². The lowest BCUT2D eigenvalue weighted by atomic mass is 9.94. The van der Waals surface area contributed by atoms with Crippen molar-refractivity contribution >= 4 is 101 Å². The van der Waals surface area contributed by atoms with Gasteiger partial charge in [-0.15, -0.1) is 0 Å². The first-order valence-electron chi connectivity index (χ1n) is 26.0. The smallest absolute Gasteiger partial charge is 0.333 e. The minimum atomic E-state index is -1.33. The van der Waals surface area contributed by atoms with Crippen molar-refractivity contribution in [3.63, 3.8) is 0 Å². The first-order chi connectivity index (χ1) is 41.0. The van der Waals surface area contributed by atoms with Crippen LogP contribution in [0.15, 0.2) is 211 Å². The minimum absolute atomic E-state index is 0.428. The Labute approximate surface area is 491 Å². The van der Waals surface area contributed by atoms with Gasteiger partial charge in [-0.05, 0) is 165 Å². The molecule has 8 aromatic carbocycles. The normalized spacial score (nSPS) is 11.5. The molecule has 0 spiro atoms. The first-order valence-corrected chi connectivity index (χ1v) is 26.0. The number of carboxylic acids is 4. The third-order valence-electron chi connectivity index (χ3n) is 13.2. The fourth-order valence-electron chi connectivity index (χ4n) is 9.15. The number of hydrogen-bond acceptors (Lipinski definition) is 5. The summed E-state index contributed by atoms with van der Waals surface area (Å²) in [6.07, 6.45) is 13.4.